The second kappa shape index (κ2) is 10.2. The number of nitrogens with zero attached hydrogens (tertiary/aromatic N) is 3. The highest BCUT2D eigenvalue weighted by Gasteiger charge is 2.41. The molecular formula is C30H33N5O2S. The number of nitrogens with one attached hydrogen (secondary N) is 2. The standard InChI is InChI=1S/C30H33N5O2S/c1-19-17-30(2,3)34(4)25-14-9-20(16-23(19)25)28-27(24-8-6-7-15-31-24)33-29(38)35(28)22-12-10-21(11-13-22)32-26(36)18-37-5/h6-17,27-28H,18H2,1-5H3,(H,32,36)(H,33,38)/t27-,28-/m1/s1. The van der Waals surface area contributed by atoms with Crippen molar-refractivity contribution in [1.82, 2.24) is 10.3 Å². The molecular weight excluding hydrogens is 494 g/mol. The molecule has 1 amide bonds. The summed E-state index contributed by atoms with van der Waals surface area (Å²) in [6, 6.07) is 20.1. The number of hydrogen-bond acceptors (Lipinski definition) is 5. The van der Waals surface area contributed by atoms with Crippen molar-refractivity contribution >= 4 is 45.9 Å². The van der Waals surface area contributed by atoms with Gasteiger partial charge >= 0.3 is 0 Å². The third-order valence-electron chi connectivity index (χ3n) is 7.39. The number of thiocarbonyl (C=S) groups is 1. The molecule has 1 fully saturated rings. The molecule has 0 aliphatic carbocycles. The molecule has 0 spiro atoms. The van der Waals surface area contributed by atoms with Gasteiger partial charge < -0.3 is 25.2 Å². The van der Waals surface area contributed by atoms with Crippen molar-refractivity contribution in [2.24, 2.45) is 0 Å². The number of benzene rings is 2. The second-order valence-corrected chi connectivity index (χ2v) is 10.7. The van der Waals surface area contributed by atoms with E-state index in [0.717, 1.165) is 16.9 Å². The maximum absolute atomic E-state index is 12.0. The third kappa shape index (κ3) is 4.77. The van der Waals surface area contributed by atoms with Crippen LogP contribution in [0.25, 0.3) is 5.57 Å². The highest BCUT2D eigenvalue weighted by atomic mass is 32.1. The summed E-state index contributed by atoms with van der Waals surface area (Å²) in [7, 11) is 3.64. The minimum Gasteiger partial charge on any atom is -0.375 e. The number of pyridine rings is 1. The number of ether oxygens (including phenoxy) is 1. The van der Waals surface area contributed by atoms with Gasteiger partial charge in [0.1, 0.15) is 6.61 Å². The van der Waals surface area contributed by atoms with Gasteiger partial charge in [-0.25, -0.2) is 0 Å². The van der Waals surface area contributed by atoms with E-state index in [1.165, 1.54) is 23.9 Å². The van der Waals surface area contributed by atoms with E-state index in [2.05, 4.69) is 77.5 Å². The normalized spacial score (nSPS) is 20.0. The number of rotatable bonds is 6. The zero-order chi connectivity index (χ0) is 27.0. The maximum Gasteiger partial charge on any atom is 0.250 e. The number of fused-ring (bicyclic) bond motifs is 1. The zero-order valence-corrected chi connectivity index (χ0v) is 23.2. The van der Waals surface area contributed by atoms with E-state index in [-0.39, 0.29) is 30.1 Å². The molecule has 2 aliphatic heterocycles. The molecule has 0 bridgehead atoms. The van der Waals surface area contributed by atoms with Gasteiger partial charge in [-0.3, -0.25) is 9.78 Å². The van der Waals surface area contributed by atoms with E-state index in [9.17, 15) is 4.79 Å². The number of anilines is 3. The number of aromatic nitrogens is 1. The van der Waals surface area contributed by atoms with Crippen molar-refractivity contribution in [2.45, 2.75) is 38.4 Å². The lowest BCUT2D eigenvalue weighted by Crippen LogP contribution is -2.42. The Morgan fingerprint density at radius 3 is 2.61 bits per heavy atom. The molecule has 8 heteroatoms. The SMILES string of the molecule is COCC(=O)Nc1ccc(N2C(=S)N[C@H](c3ccccn3)[C@H]2c2ccc3c(c2)C(C)=CC(C)(C)N3C)cc1. The number of hydrogen-bond donors (Lipinski definition) is 2. The van der Waals surface area contributed by atoms with Crippen LogP contribution in [0.5, 0.6) is 0 Å². The average Bonchev–Trinajstić information content (AvgIpc) is 3.25. The average molecular weight is 528 g/mol. The van der Waals surface area contributed by atoms with Crippen molar-refractivity contribution in [3.63, 3.8) is 0 Å². The van der Waals surface area contributed by atoms with Crippen molar-refractivity contribution < 1.29 is 9.53 Å². The number of likely N-dealkylation sites (N-methyl/N-ethyl adjacent to an activating group) is 1. The van der Waals surface area contributed by atoms with Crippen molar-refractivity contribution in [2.75, 3.05) is 35.9 Å². The van der Waals surface area contributed by atoms with Crippen molar-refractivity contribution in [3.8, 4) is 0 Å². The fraction of sp³-hybridized carbons (Fsp3) is 0.300. The Labute approximate surface area is 229 Å². The predicted molar refractivity (Wildman–Crippen MR) is 157 cm³/mol. The molecule has 2 atom stereocenters. The van der Waals surface area contributed by atoms with Gasteiger partial charge in [-0.15, -0.1) is 0 Å². The van der Waals surface area contributed by atoms with Crippen LogP contribution in [0.3, 0.4) is 0 Å². The first-order valence-corrected chi connectivity index (χ1v) is 13.1. The van der Waals surface area contributed by atoms with Crippen LogP contribution in [0.15, 0.2) is 72.9 Å². The lowest BCUT2D eigenvalue weighted by Gasteiger charge is -2.41. The van der Waals surface area contributed by atoms with Crippen LogP contribution < -0.4 is 20.4 Å². The fourth-order valence-electron chi connectivity index (χ4n) is 5.37. The summed E-state index contributed by atoms with van der Waals surface area (Å²) in [4.78, 5) is 21.1. The molecule has 2 N–H and O–H groups in total. The molecule has 196 valence electrons. The third-order valence-corrected chi connectivity index (χ3v) is 7.70. The Kier molecular flexibility index (Phi) is 6.94. The molecule has 2 aromatic carbocycles. The van der Waals surface area contributed by atoms with E-state index in [1.807, 2.05) is 48.7 Å². The summed E-state index contributed by atoms with van der Waals surface area (Å²) in [5.41, 5.74) is 7.33. The van der Waals surface area contributed by atoms with Gasteiger partial charge in [0.15, 0.2) is 5.11 Å². The van der Waals surface area contributed by atoms with Crippen molar-refractivity contribution in [3.05, 3.63) is 89.8 Å². The van der Waals surface area contributed by atoms with E-state index < -0.39 is 0 Å². The van der Waals surface area contributed by atoms with Gasteiger partial charge in [-0.1, -0.05) is 18.2 Å². The van der Waals surface area contributed by atoms with Gasteiger partial charge in [0, 0.05) is 43.0 Å². The first-order valence-electron chi connectivity index (χ1n) is 12.7. The number of amides is 1. The number of carbonyl (C=O) groups is 1. The summed E-state index contributed by atoms with van der Waals surface area (Å²) in [6.45, 7) is 6.65. The van der Waals surface area contributed by atoms with Crippen LogP contribution in [0.4, 0.5) is 17.1 Å². The molecule has 38 heavy (non-hydrogen) atoms. The summed E-state index contributed by atoms with van der Waals surface area (Å²) in [5, 5.41) is 7.00. The van der Waals surface area contributed by atoms with Crippen LogP contribution in [-0.4, -0.2) is 42.3 Å². The second-order valence-electron chi connectivity index (χ2n) is 10.3. The lowest BCUT2D eigenvalue weighted by molar-refractivity contribution is -0.119. The van der Waals surface area contributed by atoms with E-state index >= 15 is 0 Å². The number of methoxy groups -OCH3 is 1. The number of allylic oxidation sites excluding steroid dienone is 1. The molecule has 1 saturated heterocycles. The Morgan fingerprint density at radius 2 is 1.92 bits per heavy atom. The lowest BCUT2D eigenvalue weighted by atomic mass is 9.86. The highest BCUT2D eigenvalue weighted by Crippen LogP contribution is 2.45. The highest BCUT2D eigenvalue weighted by molar-refractivity contribution is 7.80. The summed E-state index contributed by atoms with van der Waals surface area (Å²) in [6.07, 6.45) is 4.13. The largest absolute Gasteiger partial charge is 0.375 e. The maximum atomic E-state index is 12.0. The monoisotopic (exact) mass is 527 g/mol. The zero-order valence-electron chi connectivity index (χ0n) is 22.4. The van der Waals surface area contributed by atoms with E-state index in [4.69, 9.17) is 17.0 Å². The molecule has 3 aromatic rings. The Bertz CT molecular complexity index is 1390. The molecule has 1 aromatic heterocycles. The molecule has 0 unspecified atom stereocenters. The predicted octanol–water partition coefficient (Wildman–Crippen LogP) is 5.48. The van der Waals surface area contributed by atoms with Gasteiger partial charge in [0.2, 0.25) is 5.91 Å². The first kappa shape index (κ1) is 25.9. The Hall–Kier alpha value is -3.75. The van der Waals surface area contributed by atoms with Crippen molar-refractivity contribution in [1.29, 1.82) is 0 Å². The first-order chi connectivity index (χ1) is 18.2. The molecule has 2 aliphatic rings. The van der Waals surface area contributed by atoms with Crippen LogP contribution in [0.2, 0.25) is 0 Å². The Balaban J connectivity index is 1.56. The van der Waals surface area contributed by atoms with Crippen LogP contribution in [-0.2, 0) is 9.53 Å². The molecule has 7 nitrogen and oxygen atoms in total. The Morgan fingerprint density at radius 1 is 1.16 bits per heavy atom. The summed E-state index contributed by atoms with van der Waals surface area (Å²) >= 11 is 5.89. The minimum absolute atomic E-state index is 0.00821. The fourth-order valence-corrected chi connectivity index (χ4v) is 5.71. The smallest absolute Gasteiger partial charge is 0.250 e. The van der Waals surface area contributed by atoms with Gasteiger partial charge in [0.25, 0.3) is 0 Å². The van der Waals surface area contributed by atoms with Crippen LogP contribution in [0.1, 0.15) is 49.7 Å². The van der Waals surface area contributed by atoms with Crippen LogP contribution >= 0.6 is 12.2 Å². The van der Waals surface area contributed by atoms with Gasteiger partial charge in [0.05, 0.1) is 23.3 Å². The number of carbonyl (C=O) groups excluding carboxylic acids is 1. The van der Waals surface area contributed by atoms with Crippen LogP contribution in [0, 0.1) is 0 Å². The van der Waals surface area contributed by atoms with Gasteiger partial charge in [-0.05, 0) is 92.7 Å². The quantitative estimate of drug-likeness (QED) is 0.412. The molecule has 0 saturated carbocycles. The summed E-state index contributed by atoms with van der Waals surface area (Å²) in [5.74, 6) is -0.197. The van der Waals surface area contributed by atoms with E-state index in [1.54, 1.807) is 0 Å². The van der Waals surface area contributed by atoms with Gasteiger partial charge in [-0.2, -0.15) is 0 Å². The molecule has 3 heterocycles. The summed E-state index contributed by atoms with van der Waals surface area (Å²) < 4.78 is 4.92. The van der Waals surface area contributed by atoms with E-state index in [0.29, 0.717) is 10.8 Å². The molecule has 5 rings (SSSR count). The topological polar surface area (TPSA) is 69.7 Å². The minimum atomic E-state index is -0.197. The molecule has 0 radical (unpaired) electrons.